The Morgan fingerprint density at radius 1 is 1.55 bits per heavy atom. The number of anilines is 1. The Labute approximate surface area is 119 Å². The van der Waals surface area contributed by atoms with Crippen molar-refractivity contribution in [2.45, 2.75) is 26.7 Å². The predicted octanol–water partition coefficient (Wildman–Crippen LogP) is 3.95. The predicted molar refractivity (Wildman–Crippen MR) is 74.7 cm³/mol. The van der Waals surface area contributed by atoms with Crippen molar-refractivity contribution < 1.29 is 13.6 Å². The van der Waals surface area contributed by atoms with Crippen molar-refractivity contribution in [3.63, 3.8) is 0 Å². The van der Waals surface area contributed by atoms with Gasteiger partial charge in [-0.3, -0.25) is 4.79 Å². The summed E-state index contributed by atoms with van der Waals surface area (Å²) in [6, 6.07) is 2.02. The van der Waals surface area contributed by atoms with E-state index >= 15 is 0 Å². The molecule has 1 aliphatic carbocycles. The van der Waals surface area contributed by atoms with Gasteiger partial charge in [0.15, 0.2) is 10.9 Å². The van der Waals surface area contributed by atoms with Gasteiger partial charge in [-0.05, 0) is 24.8 Å². The minimum Gasteiger partial charge on any atom is -0.301 e. The number of fused-ring (bicyclic) bond motifs is 1. The Morgan fingerprint density at radius 3 is 2.85 bits per heavy atom. The number of aromatic nitrogens is 1. The summed E-state index contributed by atoms with van der Waals surface area (Å²) in [7, 11) is 0. The van der Waals surface area contributed by atoms with E-state index in [4.69, 9.17) is 0 Å². The molecule has 1 aromatic carbocycles. The number of carbonyl (C=O) groups excluding carboxylic acids is 1. The lowest BCUT2D eigenvalue weighted by Crippen LogP contribution is -2.25. The molecular weight excluding hydrogens is 282 g/mol. The third-order valence-electron chi connectivity index (χ3n) is 4.17. The molecule has 0 aliphatic heterocycles. The summed E-state index contributed by atoms with van der Waals surface area (Å²) in [4.78, 5) is 16.3. The van der Waals surface area contributed by atoms with E-state index in [1.165, 1.54) is 6.07 Å². The lowest BCUT2D eigenvalue weighted by Gasteiger charge is -2.12. The molecule has 1 heterocycles. The zero-order valence-corrected chi connectivity index (χ0v) is 12.0. The Kier molecular flexibility index (Phi) is 3.01. The van der Waals surface area contributed by atoms with Crippen LogP contribution in [0, 0.1) is 23.0 Å². The van der Waals surface area contributed by atoms with Gasteiger partial charge < -0.3 is 5.32 Å². The highest BCUT2D eigenvalue weighted by atomic mass is 32.1. The quantitative estimate of drug-likeness (QED) is 0.932. The Balaban J connectivity index is 1.89. The molecule has 2 aromatic rings. The van der Waals surface area contributed by atoms with Crippen LogP contribution >= 0.6 is 11.3 Å². The van der Waals surface area contributed by atoms with Crippen LogP contribution in [-0.2, 0) is 4.79 Å². The molecule has 20 heavy (non-hydrogen) atoms. The van der Waals surface area contributed by atoms with Crippen molar-refractivity contribution in [2.24, 2.45) is 11.3 Å². The number of carbonyl (C=O) groups is 1. The molecule has 106 valence electrons. The zero-order chi connectivity index (χ0) is 14.5. The maximum absolute atomic E-state index is 13.6. The first-order valence-electron chi connectivity index (χ1n) is 6.53. The molecule has 1 aliphatic rings. The van der Waals surface area contributed by atoms with Crippen LogP contribution in [0.5, 0.6) is 0 Å². The average molecular weight is 296 g/mol. The summed E-state index contributed by atoms with van der Waals surface area (Å²) in [5, 5.41) is 3.06. The Bertz CT molecular complexity index is 696. The van der Waals surface area contributed by atoms with Gasteiger partial charge in [0.05, 0.1) is 10.1 Å². The van der Waals surface area contributed by atoms with Gasteiger partial charge in [-0.15, -0.1) is 0 Å². The van der Waals surface area contributed by atoms with Crippen LogP contribution < -0.4 is 5.32 Å². The summed E-state index contributed by atoms with van der Waals surface area (Å²) in [6.07, 6.45) is 1.64. The number of benzene rings is 1. The van der Waals surface area contributed by atoms with Gasteiger partial charge in [-0.25, -0.2) is 13.8 Å². The second-order valence-corrected chi connectivity index (χ2v) is 6.35. The molecule has 3 rings (SSSR count). The summed E-state index contributed by atoms with van der Waals surface area (Å²) in [6.45, 7) is 4.02. The molecule has 3 nitrogen and oxygen atoms in total. The van der Waals surface area contributed by atoms with Gasteiger partial charge in [0.1, 0.15) is 11.3 Å². The van der Waals surface area contributed by atoms with Gasteiger partial charge in [0.2, 0.25) is 5.91 Å². The second kappa shape index (κ2) is 4.48. The van der Waals surface area contributed by atoms with Crippen LogP contribution in [0.15, 0.2) is 12.1 Å². The van der Waals surface area contributed by atoms with Gasteiger partial charge >= 0.3 is 0 Å². The van der Waals surface area contributed by atoms with Crippen molar-refractivity contribution in [3.05, 3.63) is 23.8 Å². The number of hydrogen-bond donors (Lipinski definition) is 1. The second-order valence-electron chi connectivity index (χ2n) is 5.32. The van der Waals surface area contributed by atoms with Crippen LogP contribution in [0.25, 0.3) is 10.2 Å². The number of hydrogen-bond acceptors (Lipinski definition) is 3. The van der Waals surface area contributed by atoms with Gasteiger partial charge in [-0.1, -0.05) is 25.2 Å². The first kappa shape index (κ1) is 13.4. The smallest absolute Gasteiger partial charge is 0.232 e. The van der Waals surface area contributed by atoms with E-state index in [0.29, 0.717) is 15.7 Å². The average Bonchev–Trinajstić information content (AvgIpc) is 2.88. The highest BCUT2D eigenvalue weighted by Crippen LogP contribution is 2.55. The van der Waals surface area contributed by atoms with E-state index in [1.807, 2.05) is 13.8 Å². The lowest BCUT2D eigenvalue weighted by molar-refractivity contribution is -0.121. The molecule has 1 amide bonds. The van der Waals surface area contributed by atoms with Crippen molar-refractivity contribution in [3.8, 4) is 0 Å². The molecule has 1 saturated carbocycles. The number of halogens is 2. The van der Waals surface area contributed by atoms with Gasteiger partial charge in [0.25, 0.3) is 0 Å². The molecule has 2 unspecified atom stereocenters. The van der Waals surface area contributed by atoms with E-state index < -0.39 is 11.6 Å². The molecule has 1 aromatic heterocycles. The van der Waals surface area contributed by atoms with Crippen LogP contribution in [0.3, 0.4) is 0 Å². The molecule has 0 spiro atoms. The zero-order valence-electron chi connectivity index (χ0n) is 11.2. The fourth-order valence-corrected chi connectivity index (χ4v) is 3.59. The normalized spacial score (nSPS) is 24.9. The van der Waals surface area contributed by atoms with E-state index in [-0.39, 0.29) is 16.8 Å². The maximum atomic E-state index is 13.6. The SMILES string of the molecule is CCC1(C(=O)Nc2nc3c(F)cc(F)cc3s2)CC1C. The number of nitrogens with one attached hydrogen (secondary N) is 1. The topological polar surface area (TPSA) is 42.0 Å². The van der Waals surface area contributed by atoms with Crippen molar-refractivity contribution >= 4 is 32.6 Å². The van der Waals surface area contributed by atoms with Crippen LogP contribution in [-0.4, -0.2) is 10.9 Å². The number of thiazole rings is 1. The molecule has 1 N–H and O–H groups in total. The maximum Gasteiger partial charge on any atom is 0.232 e. The first-order valence-corrected chi connectivity index (χ1v) is 7.35. The van der Waals surface area contributed by atoms with E-state index in [9.17, 15) is 13.6 Å². The highest BCUT2D eigenvalue weighted by Gasteiger charge is 2.55. The molecule has 1 fully saturated rings. The third kappa shape index (κ3) is 1.98. The summed E-state index contributed by atoms with van der Waals surface area (Å²) < 4.78 is 27.1. The van der Waals surface area contributed by atoms with Crippen LogP contribution in [0.1, 0.15) is 26.7 Å². The summed E-state index contributed by atoms with van der Waals surface area (Å²) in [5.74, 6) is -1.07. The number of nitrogens with zero attached hydrogens (tertiary/aromatic N) is 1. The Hall–Kier alpha value is -1.56. The monoisotopic (exact) mass is 296 g/mol. The van der Waals surface area contributed by atoms with Crippen LogP contribution in [0.2, 0.25) is 0 Å². The molecule has 6 heteroatoms. The van der Waals surface area contributed by atoms with E-state index in [2.05, 4.69) is 10.3 Å². The molecule has 0 radical (unpaired) electrons. The van der Waals surface area contributed by atoms with Gasteiger partial charge in [0, 0.05) is 6.07 Å². The molecule has 0 saturated heterocycles. The van der Waals surface area contributed by atoms with Crippen molar-refractivity contribution in [2.75, 3.05) is 5.32 Å². The number of amides is 1. The standard InChI is InChI=1S/C14H14F2N2OS/c1-3-14(6-7(14)2)12(19)18-13-17-11-9(16)4-8(15)5-10(11)20-13/h4-5,7H,3,6H2,1-2H3,(H,17,18,19). The summed E-state index contributed by atoms with van der Waals surface area (Å²) in [5.41, 5.74) is -0.220. The molecular formula is C14H14F2N2OS. The minimum absolute atomic E-state index is 0.0764. The largest absolute Gasteiger partial charge is 0.301 e. The lowest BCUT2D eigenvalue weighted by atomic mass is 10.00. The Morgan fingerprint density at radius 2 is 2.25 bits per heavy atom. The van der Waals surface area contributed by atoms with E-state index in [0.717, 1.165) is 30.2 Å². The number of rotatable bonds is 3. The first-order chi connectivity index (χ1) is 9.46. The van der Waals surface area contributed by atoms with Gasteiger partial charge in [-0.2, -0.15) is 0 Å². The van der Waals surface area contributed by atoms with Crippen molar-refractivity contribution in [1.82, 2.24) is 4.98 Å². The van der Waals surface area contributed by atoms with Crippen molar-refractivity contribution in [1.29, 1.82) is 0 Å². The minimum atomic E-state index is -0.707. The molecule has 2 atom stereocenters. The molecule has 0 bridgehead atoms. The fourth-order valence-electron chi connectivity index (χ4n) is 2.69. The summed E-state index contributed by atoms with van der Waals surface area (Å²) >= 11 is 1.09. The third-order valence-corrected chi connectivity index (χ3v) is 5.09. The highest BCUT2D eigenvalue weighted by molar-refractivity contribution is 7.22. The fraction of sp³-hybridized carbons (Fsp3) is 0.429. The van der Waals surface area contributed by atoms with Crippen LogP contribution in [0.4, 0.5) is 13.9 Å². The van der Waals surface area contributed by atoms with E-state index in [1.54, 1.807) is 0 Å².